The largest absolute Gasteiger partial charge is 0.466 e. The number of carbonyl (C=O) groups is 2. The van der Waals surface area contributed by atoms with Crippen molar-refractivity contribution in [2.24, 2.45) is 0 Å². The Morgan fingerprint density at radius 1 is 1.29 bits per heavy atom. The van der Waals surface area contributed by atoms with E-state index in [0.29, 0.717) is 0 Å². The molecular formula is C10H13F3O4. The monoisotopic (exact) mass is 254 g/mol. The van der Waals surface area contributed by atoms with Crippen molar-refractivity contribution in [1.82, 2.24) is 0 Å². The lowest BCUT2D eigenvalue weighted by Gasteiger charge is -2.07. The minimum Gasteiger partial charge on any atom is -0.466 e. The average Bonchev–Trinajstić information content (AvgIpc) is 2.28. The molecule has 0 rings (SSSR count). The van der Waals surface area contributed by atoms with Crippen LogP contribution in [0.2, 0.25) is 0 Å². The maximum absolute atomic E-state index is 11.9. The van der Waals surface area contributed by atoms with Crippen LogP contribution >= 0.6 is 0 Å². The quantitative estimate of drug-likeness (QED) is 0.569. The molecule has 7 heteroatoms. The Labute approximate surface area is 96.7 Å². The lowest BCUT2D eigenvalue weighted by atomic mass is 10.4. The first-order chi connectivity index (χ1) is 7.76. The van der Waals surface area contributed by atoms with Crippen LogP contribution in [-0.4, -0.2) is 31.8 Å². The van der Waals surface area contributed by atoms with Gasteiger partial charge in [0.1, 0.15) is 0 Å². The molecule has 0 saturated heterocycles. The zero-order chi connectivity index (χ0) is 14.0. The van der Waals surface area contributed by atoms with Gasteiger partial charge in [-0.05, 0) is 6.92 Å². The molecule has 0 radical (unpaired) electrons. The maximum atomic E-state index is 11.9. The van der Waals surface area contributed by atoms with E-state index >= 15 is 0 Å². The molecule has 1 unspecified atom stereocenters. The molecule has 0 bridgehead atoms. The SMILES string of the molecule is C=C(C)C(=O)OC(F)C(F)F.C=CC(=O)OC. The molecule has 0 aromatic rings. The van der Waals surface area contributed by atoms with E-state index in [0.717, 1.165) is 6.08 Å². The van der Waals surface area contributed by atoms with Crippen molar-refractivity contribution < 1.29 is 32.2 Å². The van der Waals surface area contributed by atoms with Gasteiger partial charge in [-0.1, -0.05) is 13.2 Å². The van der Waals surface area contributed by atoms with Gasteiger partial charge in [0.25, 0.3) is 0 Å². The van der Waals surface area contributed by atoms with E-state index in [4.69, 9.17) is 0 Å². The summed E-state index contributed by atoms with van der Waals surface area (Å²) in [6.45, 7) is 7.47. The van der Waals surface area contributed by atoms with Crippen molar-refractivity contribution in [3.63, 3.8) is 0 Å². The fourth-order valence-corrected chi connectivity index (χ4v) is 0.338. The number of hydrogen-bond acceptors (Lipinski definition) is 4. The Hall–Kier alpha value is -1.79. The van der Waals surface area contributed by atoms with E-state index in [1.165, 1.54) is 14.0 Å². The van der Waals surface area contributed by atoms with E-state index in [1.54, 1.807) is 0 Å². The number of carbonyl (C=O) groups excluding carboxylic acids is 2. The number of hydrogen-bond donors (Lipinski definition) is 0. The Balaban J connectivity index is 0. The fourth-order valence-electron chi connectivity index (χ4n) is 0.338. The molecule has 0 fully saturated rings. The third kappa shape index (κ3) is 10.5. The molecule has 98 valence electrons. The Morgan fingerprint density at radius 2 is 1.76 bits per heavy atom. The highest BCUT2D eigenvalue weighted by Gasteiger charge is 2.23. The van der Waals surface area contributed by atoms with Crippen LogP contribution in [0.25, 0.3) is 0 Å². The summed E-state index contributed by atoms with van der Waals surface area (Å²) in [4.78, 5) is 20.2. The number of methoxy groups -OCH3 is 1. The van der Waals surface area contributed by atoms with Gasteiger partial charge < -0.3 is 9.47 Å². The van der Waals surface area contributed by atoms with Gasteiger partial charge in [0.15, 0.2) is 0 Å². The fraction of sp³-hybridized carbons (Fsp3) is 0.400. The smallest absolute Gasteiger partial charge is 0.335 e. The van der Waals surface area contributed by atoms with Crippen LogP contribution in [0, 0.1) is 0 Å². The minimum atomic E-state index is -3.31. The second-order valence-corrected chi connectivity index (χ2v) is 2.60. The summed E-state index contributed by atoms with van der Waals surface area (Å²) in [5.41, 5.74) is -0.117. The first-order valence-electron chi connectivity index (χ1n) is 4.25. The summed E-state index contributed by atoms with van der Waals surface area (Å²) in [6, 6.07) is 0. The number of esters is 2. The zero-order valence-electron chi connectivity index (χ0n) is 9.41. The lowest BCUT2D eigenvalue weighted by molar-refractivity contribution is -0.169. The Morgan fingerprint density at radius 3 is 1.94 bits per heavy atom. The van der Waals surface area contributed by atoms with E-state index in [1.807, 2.05) is 0 Å². The van der Waals surface area contributed by atoms with Gasteiger partial charge in [-0.15, -0.1) is 0 Å². The first-order valence-corrected chi connectivity index (χ1v) is 4.25. The van der Waals surface area contributed by atoms with Crippen LogP contribution in [0.4, 0.5) is 13.2 Å². The van der Waals surface area contributed by atoms with E-state index in [-0.39, 0.29) is 5.57 Å². The molecule has 0 N–H and O–H groups in total. The number of alkyl halides is 3. The lowest BCUT2D eigenvalue weighted by Crippen LogP contribution is -2.20. The number of ether oxygens (including phenoxy) is 2. The predicted octanol–water partition coefficient (Wildman–Crippen LogP) is 2.01. The molecule has 0 saturated carbocycles. The third-order valence-electron chi connectivity index (χ3n) is 1.13. The van der Waals surface area contributed by atoms with Crippen molar-refractivity contribution in [3.05, 3.63) is 24.8 Å². The van der Waals surface area contributed by atoms with E-state index in [9.17, 15) is 22.8 Å². The van der Waals surface area contributed by atoms with Crippen LogP contribution in [0.15, 0.2) is 24.8 Å². The standard InChI is InChI=1S/C6H7F3O2.C4H6O2/c1-3(2)6(10)11-5(9)4(7)8;1-3-4(5)6-2/h4-5H,1H2,2H3;3H,1H2,2H3. The molecular weight excluding hydrogens is 241 g/mol. The summed E-state index contributed by atoms with van der Waals surface area (Å²) in [5.74, 6) is -1.55. The second-order valence-electron chi connectivity index (χ2n) is 2.60. The van der Waals surface area contributed by atoms with Crippen molar-refractivity contribution >= 4 is 11.9 Å². The topological polar surface area (TPSA) is 52.6 Å². The summed E-state index contributed by atoms with van der Waals surface area (Å²) < 4.78 is 42.4. The molecule has 0 heterocycles. The predicted molar refractivity (Wildman–Crippen MR) is 54.0 cm³/mol. The van der Waals surface area contributed by atoms with E-state index in [2.05, 4.69) is 22.6 Å². The molecule has 0 aliphatic heterocycles. The summed E-state index contributed by atoms with van der Waals surface area (Å²) in [7, 11) is 1.31. The average molecular weight is 254 g/mol. The molecule has 0 aliphatic rings. The maximum Gasteiger partial charge on any atom is 0.335 e. The molecule has 0 aromatic carbocycles. The Kier molecular flexibility index (Phi) is 9.77. The van der Waals surface area contributed by atoms with Crippen LogP contribution < -0.4 is 0 Å². The van der Waals surface area contributed by atoms with Gasteiger partial charge in [-0.3, -0.25) is 0 Å². The number of halogens is 3. The van der Waals surface area contributed by atoms with Gasteiger partial charge >= 0.3 is 24.7 Å². The van der Waals surface area contributed by atoms with Crippen LogP contribution in [0.1, 0.15) is 6.92 Å². The van der Waals surface area contributed by atoms with Gasteiger partial charge in [0, 0.05) is 11.6 Å². The molecule has 0 aromatic heterocycles. The van der Waals surface area contributed by atoms with Gasteiger partial charge in [-0.2, -0.15) is 4.39 Å². The second kappa shape index (κ2) is 9.44. The van der Waals surface area contributed by atoms with Crippen molar-refractivity contribution in [1.29, 1.82) is 0 Å². The van der Waals surface area contributed by atoms with Crippen LogP contribution in [0.5, 0.6) is 0 Å². The normalized spacial score (nSPS) is 10.7. The molecule has 1 atom stereocenters. The van der Waals surface area contributed by atoms with Crippen LogP contribution in [-0.2, 0) is 19.1 Å². The Bertz CT molecular complexity index is 289. The highest BCUT2D eigenvalue weighted by molar-refractivity contribution is 5.87. The molecule has 0 spiro atoms. The van der Waals surface area contributed by atoms with E-state index < -0.39 is 24.7 Å². The van der Waals surface area contributed by atoms with Gasteiger partial charge in [0.05, 0.1) is 7.11 Å². The van der Waals surface area contributed by atoms with Crippen LogP contribution in [0.3, 0.4) is 0 Å². The molecule has 17 heavy (non-hydrogen) atoms. The highest BCUT2D eigenvalue weighted by Crippen LogP contribution is 2.08. The third-order valence-corrected chi connectivity index (χ3v) is 1.13. The molecule has 4 nitrogen and oxygen atoms in total. The highest BCUT2D eigenvalue weighted by atomic mass is 19.3. The zero-order valence-corrected chi connectivity index (χ0v) is 9.41. The van der Waals surface area contributed by atoms with Gasteiger partial charge in [0.2, 0.25) is 0 Å². The van der Waals surface area contributed by atoms with Gasteiger partial charge in [-0.25, -0.2) is 18.4 Å². The minimum absolute atomic E-state index is 0.117. The first kappa shape index (κ1) is 17.6. The van der Waals surface area contributed by atoms with Crippen molar-refractivity contribution in [2.45, 2.75) is 19.7 Å². The molecule has 0 amide bonds. The summed E-state index contributed by atoms with van der Waals surface area (Å²) >= 11 is 0. The summed E-state index contributed by atoms with van der Waals surface area (Å²) in [6.07, 6.45) is -5.06. The van der Waals surface area contributed by atoms with Crippen molar-refractivity contribution in [3.8, 4) is 0 Å². The summed E-state index contributed by atoms with van der Waals surface area (Å²) in [5, 5.41) is 0. The number of rotatable bonds is 4. The molecule has 0 aliphatic carbocycles. The van der Waals surface area contributed by atoms with Crippen molar-refractivity contribution in [2.75, 3.05) is 7.11 Å².